The molecule has 1 aromatic carbocycles. The normalized spacial score (nSPS) is 42.2. The number of ether oxygens (including phenoxy) is 5. The number of fused-ring (bicyclic) bond motifs is 3. The largest absolute Gasteiger partial charge is 0.348 e. The van der Waals surface area contributed by atoms with Gasteiger partial charge in [-0.25, -0.2) is 0 Å². The van der Waals surface area contributed by atoms with Crippen LogP contribution in [0.1, 0.15) is 46.1 Å². The molecule has 0 N–H and O–H groups in total. The van der Waals surface area contributed by atoms with E-state index in [1.165, 1.54) is 0 Å². The second kappa shape index (κ2) is 5.84. The molecule has 30 heavy (non-hydrogen) atoms. The zero-order valence-corrected chi connectivity index (χ0v) is 18.3. The standard InChI is InChI=1S/C23H30N2O5/c1-20(2)26-13-15(28-20)16-23(17-19(27-16)30-21(3,4)29-17)22(11-12-22)24-18(25(23)5)14-9-7-6-8-10-14/h6-10,15-17,19H,11-13H2,1-5H3/t15-,16+,17-,19+,23+/m0/s1. The van der Waals surface area contributed by atoms with Crippen LogP contribution in [-0.4, -0.2) is 71.6 Å². The van der Waals surface area contributed by atoms with E-state index in [0.717, 1.165) is 24.2 Å². The van der Waals surface area contributed by atoms with Crippen LogP contribution < -0.4 is 0 Å². The molecule has 5 aliphatic rings. The lowest BCUT2D eigenvalue weighted by molar-refractivity contribution is -0.237. The highest BCUT2D eigenvalue weighted by Gasteiger charge is 2.80. The lowest BCUT2D eigenvalue weighted by Crippen LogP contribution is -2.68. The molecule has 0 amide bonds. The minimum absolute atomic E-state index is 0.217. The van der Waals surface area contributed by atoms with Gasteiger partial charge in [0.05, 0.1) is 12.1 Å². The summed E-state index contributed by atoms with van der Waals surface area (Å²) in [6.07, 6.45) is 0.786. The zero-order valence-electron chi connectivity index (χ0n) is 18.3. The Kier molecular flexibility index (Phi) is 3.73. The van der Waals surface area contributed by atoms with Gasteiger partial charge < -0.3 is 28.6 Å². The second-order valence-electron chi connectivity index (χ2n) is 10.1. The van der Waals surface area contributed by atoms with E-state index >= 15 is 0 Å². The SMILES string of the molecule is CN1C(c2ccccc2)=NC2(CC2)[C@]12[C@@H]([C@@H]1COC(C)(C)O1)O[C@@H]1OC(C)(C)O[C@@H]12. The molecular weight excluding hydrogens is 384 g/mol. The van der Waals surface area contributed by atoms with Crippen LogP contribution in [0.3, 0.4) is 0 Å². The zero-order chi connectivity index (χ0) is 20.9. The van der Waals surface area contributed by atoms with E-state index in [4.69, 9.17) is 28.7 Å². The van der Waals surface area contributed by atoms with Gasteiger partial charge in [-0.2, -0.15) is 0 Å². The highest BCUT2D eigenvalue weighted by Crippen LogP contribution is 2.64. The third kappa shape index (κ3) is 2.41. The van der Waals surface area contributed by atoms with Crippen LogP contribution in [0.15, 0.2) is 35.3 Å². The average Bonchev–Trinajstić information content (AvgIpc) is 3.02. The van der Waals surface area contributed by atoms with Crippen molar-refractivity contribution in [3.63, 3.8) is 0 Å². The van der Waals surface area contributed by atoms with Crippen LogP contribution in [0.2, 0.25) is 0 Å². The van der Waals surface area contributed by atoms with Crippen molar-refractivity contribution in [3.8, 4) is 0 Å². The van der Waals surface area contributed by atoms with Crippen molar-refractivity contribution in [1.82, 2.24) is 4.90 Å². The first-order valence-corrected chi connectivity index (χ1v) is 10.9. The van der Waals surface area contributed by atoms with Gasteiger partial charge in [0.2, 0.25) is 0 Å². The van der Waals surface area contributed by atoms with E-state index in [0.29, 0.717) is 6.61 Å². The molecular formula is C23H30N2O5. The van der Waals surface area contributed by atoms with Gasteiger partial charge in [0.15, 0.2) is 17.9 Å². The van der Waals surface area contributed by atoms with E-state index in [9.17, 15) is 0 Å². The van der Waals surface area contributed by atoms with Gasteiger partial charge in [0.25, 0.3) is 0 Å². The number of likely N-dealkylation sites (N-methyl/N-ethyl adjacent to an activating group) is 1. The van der Waals surface area contributed by atoms with E-state index in [1.54, 1.807) is 0 Å². The lowest BCUT2D eigenvalue weighted by atomic mass is 9.76. The smallest absolute Gasteiger partial charge is 0.190 e. The molecule has 0 unspecified atom stereocenters. The van der Waals surface area contributed by atoms with Crippen LogP contribution in [0.25, 0.3) is 0 Å². The highest BCUT2D eigenvalue weighted by atomic mass is 16.8. The Bertz CT molecular complexity index is 896. The fourth-order valence-corrected chi connectivity index (χ4v) is 6.01. The maximum atomic E-state index is 6.60. The van der Waals surface area contributed by atoms with Gasteiger partial charge in [-0.1, -0.05) is 30.3 Å². The Morgan fingerprint density at radius 1 is 0.933 bits per heavy atom. The molecule has 3 saturated heterocycles. The predicted molar refractivity (Wildman–Crippen MR) is 109 cm³/mol. The van der Waals surface area contributed by atoms with Gasteiger partial charge >= 0.3 is 0 Å². The van der Waals surface area contributed by atoms with Gasteiger partial charge in [-0.3, -0.25) is 4.99 Å². The number of hydrogen-bond donors (Lipinski definition) is 0. The fraction of sp³-hybridized carbons (Fsp3) is 0.696. The molecule has 0 bridgehead atoms. The molecule has 1 saturated carbocycles. The molecule has 0 aromatic heterocycles. The fourth-order valence-electron chi connectivity index (χ4n) is 6.01. The molecule has 6 rings (SSSR count). The molecule has 0 radical (unpaired) electrons. The summed E-state index contributed by atoms with van der Waals surface area (Å²) in [7, 11) is 2.12. The Morgan fingerprint density at radius 2 is 1.67 bits per heavy atom. The number of benzene rings is 1. The van der Waals surface area contributed by atoms with E-state index < -0.39 is 23.4 Å². The maximum absolute atomic E-state index is 6.60. The van der Waals surface area contributed by atoms with Crippen LogP contribution in [0.4, 0.5) is 0 Å². The van der Waals surface area contributed by atoms with Crippen LogP contribution in [0.5, 0.6) is 0 Å². The molecule has 2 spiro atoms. The number of aliphatic imine (C=N–C) groups is 1. The number of nitrogens with zero attached hydrogens (tertiary/aromatic N) is 2. The van der Waals surface area contributed by atoms with Gasteiger partial charge in [-0.05, 0) is 40.5 Å². The summed E-state index contributed by atoms with van der Waals surface area (Å²) < 4.78 is 31.6. The van der Waals surface area contributed by atoms with Crippen molar-refractivity contribution >= 4 is 5.84 Å². The Balaban J connectivity index is 1.47. The molecule has 162 valence electrons. The summed E-state index contributed by atoms with van der Waals surface area (Å²) in [4.78, 5) is 7.61. The van der Waals surface area contributed by atoms with Crippen LogP contribution >= 0.6 is 0 Å². The molecule has 4 aliphatic heterocycles. The summed E-state index contributed by atoms with van der Waals surface area (Å²) in [6.45, 7) is 8.27. The third-order valence-corrected chi connectivity index (χ3v) is 7.27. The minimum Gasteiger partial charge on any atom is -0.348 e. The highest BCUT2D eigenvalue weighted by molar-refractivity contribution is 6.01. The first-order chi connectivity index (χ1) is 14.2. The summed E-state index contributed by atoms with van der Waals surface area (Å²) in [6, 6.07) is 10.4. The predicted octanol–water partition coefficient (Wildman–Crippen LogP) is 2.68. The average molecular weight is 415 g/mol. The third-order valence-electron chi connectivity index (χ3n) is 7.27. The van der Waals surface area contributed by atoms with Crippen molar-refractivity contribution in [2.75, 3.05) is 13.7 Å². The quantitative estimate of drug-likeness (QED) is 0.742. The number of amidine groups is 1. The van der Waals surface area contributed by atoms with Crippen LogP contribution in [0, 0.1) is 0 Å². The van der Waals surface area contributed by atoms with Gasteiger partial charge in [-0.15, -0.1) is 0 Å². The van der Waals surface area contributed by atoms with Crippen LogP contribution in [-0.2, 0) is 23.7 Å². The lowest BCUT2D eigenvalue weighted by Gasteiger charge is -2.46. The first-order valence-electron chi connectivity index (χ1n) is 10.9. The van der Waals surface area contributed by atoms with Crippen molar-refractivity contribution in [2.24, 2.45) is 4.99 Å². The second-order valence-corrected chi connectivity index (χ2v) is 10.1. The van der Waals surface area contributed by atoms with Crippen molar-refractivity contribution in [1.29, 1.82) is 0 Å². The molecule has 4 heterocycles. The Morgan fingerprint density at radius 3 is 2.30 bits per heavy atom. The topological polar surface area (TPSA) is 61.8 Å². The minimum atomic E-state index is -0.702. The summed E-state index contributed by atoms with van der Waals surface area (Å²) in [5.74, 6) is -0.356. The molecule has 1 aromatic rings. The first kappa shape index (κ1) is 19.2. The van der Waals surface area contributed by atoms with E-state index in [-0.39, 0.29) is 23.9 Å². The maximum Gasteiger partial charge on any atom is 0.190 e. The van der Waals surface area contributed by atoms with E-state index in [2.05, 4.69) is 36.2 Å². The summed E-state index contributed by atoms with van der Waals surface area (Å²) in [5, 5.41) is 0. The molecule has 7 nitrogen and oxygen atoms in total. The van der Waals surface area contributed by atoms with Gasteiger partial charge in [0.1, 0.15) is 29.7 Å². The van der Waals surface area contributed by atoms with Crippen molar-refractivity contribution in [2.45, 2.75) is 87.8 Å². The summed E-state index contributed by atoms with van der Waals surface area (Å²) in [5.41, 5.74) is 0.328. The Hall–Kier alpha value is -1.51. The van der Waals surface area contributed by atoms with Gasteiger partial charge in [0, 0.05) is 12.6 Å². The van der Waals surface area contributed by atoms with Crippen molar-refractivity contribution in [3.05, 3.63) is 35.9 Å². The van der Waals surface area contributed by atoms with Crippen molar-refractivity contribution < 1.29 is 23.7 Å². The monoisotopic (exact) mass is 414 g/mol. The number of hydrogen-bond acceptors (Lipinski definition) is 7. The number of rotatable bonds is 2. The Labute approximate surface area is 177 Å². The molecule has 5 atom stereocenters. The molecule has 1 aliphatic carbocycles. The summed E-state index contributed by atoms with van der Waals surface area (Å²) >= 11 is 0. The van der Waals surface area contributed by atoms with E-state index in [1.807, 2.05) is 33.8 Å². The molecule has 4 fully saturated rings. The molecule has 7 heteroatoms.